The first-order chi connectivity index (χ1) is 10.5. The van der Waals surface area contributed by atoms with Crippen molar-refractivity contribution in [2.24, 2.45) is 10.9 Å². The predicted octanol–water partition coefficient (Wildman–Crippen LogP) is 2.84. The van der Waals surface area contributed by atoms with Gasteiger partial charge in [-0.25, -0.2) is 4.99 Å². The molecule has 5 heteroatoms. The summed E-state index contributed by atoms with van der Waals surface area (Å²) in [5.74, 6) is 1.59. The molecule has 2 N–H and O–H groups in total. The Bertz CT molecular complexity index is 495. The molecule has 0 amide bonds. The Morgan fingerprint density at radius 2 is 2.18 bits per heavy atom. The highest BCUT2D eigenvalue weighted by molar-refractivity contribution is 7.11. The standard InChI is InChI=1S/C17H30N4S/c1-6-18-17(19-9-15-8-7-14(5)22-15)20-16-11-21(12(2)3)10-13(16)4/h7-8,12-13,16H,6,9-11H2,1-5H3,(H2,18,19,20). The largest absolute Gasteiger partial charge is 0.357 e. The number of thiophene rings is 1. The molecule has 1 aromatic rings. The minimum absolute atomic E-state index is 0.477. The van der Waals surface area contributed by atoms with Crippen LogP contribution < -0.4 is 10.6 Å². The quantitative estimate of drug-likeness (QED) is 0.647. The van der Waals surface area contributed by atoms with E-state index in [2.05, 4.69) is 62.3 Å². The van der Waals surface area contributed by atoms with Crippen LogP contribution in [0.25, 0.3) is 0 Å². The van der Waals surface area contributed by atoms with Gasteiger partial charge in [0, 0.05) is 41.5 Å². The monoisotopic (exact) mass is 322 g/mol. The lowest BCUT2D eigenvalue weighted by Crippen LogP contribution is -2.46. The van der Waals surface area contributed by atoms with Crippen molar-refractivity contribution in [3.05, 3.63) is 21.9 Å². The van der Waals surface area contributed by atoms with Crippen LogP contribution >= 0.6 is 11.3 Å². The second-order valence-corrected chi connectivity index (χ2v) is 7.86. The Hall–Kier alpha value is -1.07. The molecule has 2 unspecified atom stereocenters. The van der Waals surface area contributed by atoms with Gasteiger partial charge in [-0.1, -0.05) is 6.92 Å². The molecule has 0 saturated carbocycles. The van der Waals surface area contributed by atoms with E-state index in [1.165, 1.54) is 16.3 Å². The van der Waals surface area contributed by atoms with Crippen molar-refractivity contribution in [2.45, 2.75) is 53.2 Å². The number of guanidine groups is 1. The lowest BCUT2D eigenvalue weighted by atomic mass is 10.1. The van der Waals surface area contributed by atoms with Crippen LogP contribution in [0.1, 0.15) is 37.4 Å². The zero-order valence-electron chi connectivity index (χ0n) is 14.5. The highest BCUT2D eigenvalue weighted by Crippen LogP contribution is 2.19. The summed E-state index contributed by atoms with van der Waals surface area (Å²) < 4.78 is 0. The van der Waals surface area contributed by atoms with E-state index in [-0.39, 0.29) is 0 Å². The van der Waals surface area contributed by atoms with Gasteiger partial charge in [-0.2, -0.15) is 0 Å². The Morgan fingerprint density at radius 3 is 2.73 bits per heavy atom. The van der Waals surface area contributed by atoms with Crippen molar-refractivity contribution in [3.63, 3.8) is 0 Å². The number of nitrogens with zero attached hydrogens (tertiary/aromatic N) is 2. The van der Waals surface area contributed by atoms with Gasteiger partial charge in [-0.05, 0) is 45.7 Å². The van der Waals surface area contributed by atoms with Crippen molar-refractivity contribution in [1.29, 1.82) is 0 Å². The number of hydrogen-bond donors (Lipinski definition) is 2. The fraction of sp³-hybridized carbons (Fsp3) is 0.706. The van der Waals surface area contributed by atoms with Gasteiger partial charge in [0.05, 0.1) is 6.54 Å². The van der Waals surface area contributed by atoms with Crippen molar-refractivity contribution in [2.75, 3.05) is 19.6 Å². The first-order valence-corrected chi connectivity index (χ1v) is 9.15. The lowest BCUT2D eigenvalue weighted by molar-refractivity contribution is 0.265. The number of aryl methyl sites for hydroxylation is 1. The molecular formula is C17H30N4S. The normalized spacial score (nSPS) is 23.3. The van der Waals surface area contributed by atoms with Gasteiger partial charge in [0.1, 0.15) is 0 Å². The maximum Gasteiger partial charge on any atom is 0.191 e. The maximum absolute atomic E-state index is 4.75. The Labute approximate surface area is 139 Å². The van der Waals surface area contributed by atoms with Gasteiger partial charge < -0.3 is 10.6 Å². The Morgan fingerprint density at radius 1 is 1.41 bits per heavy atom. The zero-order chi connectivity index (χ0) is 16.1. The number of aliphatic imine (C=N–C) groups is 1. The Balaban J connectivity index is 1.96. The van der Waals surface area contributed by atoms with E-state index in [0.717, 1.165) is 25.6 Å². The average molecular weight is 323 g/mol. The molecule has 0 spiro atoms. The summed E-state index contributed by atoms with van der Waals surface area (Å²) in [5, 5.41) is 7.01. The summed E-state index contributed by atoms with van der Waals surface area (Å²) in [7, 11) is 0. The van der Waals surface area contributed by atoms with Crippen molar-refractivity contribution < 1.29 is 0 Å². The van der Waals surface area contributed by atoms with E-state index in [0.29, 0.717) is 18.0 Å². The molecule has 1 aliphatic heterocycles. The average Bonchev–Trinajstić information content (AvgIpc) is 3.03. The zero-order valence-corrected chi connectivity index (χ0v) is 15.3. The summed E-state index contributed by atoms with van der Waals surface area (Å²) in [6, 6.07) is 5.43. The summed E-state index contributed by atoms with van der Waals surface area (Å²) in [6.45, 7) is 15.0. The molecule has 1 fully saturated rings. The number of hydrogen-bond acceptors (Lipinski definition) is 3. The van der Waals surface area contributed by atoms with E-state index in [4.69, 9.17) is 4.99 Å². The Kier molecular flexibility index (Phi) is 6.26. The molecule has 0 aliphatic carbocycles. The van der Waals surface area contributed by atoms with Crippen LogP contribution in [0.15, 0.2) is 17.1 Å². The molecule has 124 valence electrons. The van der Waals surface area contributed by atoms with Crippen molar-refractivity contribution in [3.8, 4) is 0 Å². The number of likely N-dealkylation sites (tertiary alicyclic amines) is 1. The molecule has 1 aliphatic rings. The fourth-order valence-electron chi connectivity index (χ4n) is 2.84. The second-order valence-electron chi connectivity index (χ2n) is 6.48. The molecule has 0 radical (unpaired) electrons. The minimum Gasteiger partial charge on any atom is -0.357 e. The molecule has 0 bridgehead atoms. The van der Waals surface area contributed by atoms with Crippen LogP contribution in [-0.4, -0.2) is 42.6 Å². The van der Waals surface area contributed by atoms with E-state index >= 15 is 0 Å². The third-order valence-electron chi connectivity index (χ3n) is 4.23. The van der Waals surface area contributed by atoms with E-state index in [1.807, 2.05) is 11.3 Å². The van der Waals surface area contributed by atoms with Crippen LogP contribution in [-0.2, 0) is 6.54 Å². The second kappa shape index (κ2) is 7.97. The van der Waals surface area contributed by atoms with Crippen molar-refractivity contribution >= 4 is 17.3 Å². The fourth-order valence-corrected chi connectivity index (χ4v) is 3.65. The first-order valence-electron chi connectivity index (χ1n) is 8.33. The van der Waals surface area contributed by atoms with Gasteiger partial charge in [0.15, 0.2) is 5.96 Å². The van der Waals surface area contributed by atoms with E-state index < -0.39 is 0 Å². The van der Waals surface area contributed by atoms with Crippen LogP contribution in [0, 0.1) is 12.8 Å². The molecule has 1 saturated heterocycles. The molecular weight excluding hydrogens is 292 g/mol. The molecule has 22 heavy (non-hydrogen) atoms. The van der Waals surface area contributed by atoms with Gasteiger partial charge in [0.25, 0.3) is 0 Å². The van der Waals surface area contributed by atoms with Crippen molar-refractivity contribution in [1.82, 2.24) is 15.5 Å². The molecule has 4 nitrogen and oxygen atoms in total. The van der Waals surface area contributed by atoms with E-state index in [1.54, 1.807) is 0 Å². The third kappa shape index (κ3) is 4.71. The van der Waals surface area contributed by atoms with Crippen LogP contribution in [0.3, 0.4) is 0 Å². The molecule has 2 atom stereocenters. The highest BCUT2D eigenvalue weighted by Gasteiger charge is 2.31. The first kappa shape index (κ1) is 17.3. The summed E-state index contributed by atoms with van der Waals surface area (Å²) in [5.41, 5.74) is 0. The minimum atomic E-state index is 0.477. The van der Waals surface area contributed by atoms with E-state index in [9.17, 15) is 0 Å². The van der Waals surface area contributed by atoms with Crippen LogP contribution in [0.5, 0.6) is 0 Å². The summed E-state index contributed by atoms with van der Waals surface area (Å²) in [6.07, 6.45) is 0. The molecule has 2 heterocycles. The smallest absolute Gasteiger partial charge is 0.191 e. The van der Waals surface area contributed by atoms with Gasteiger partial charge in [-0.3, -0.25) is 4.90 Å². The topological polar surface area (TPSA) is 39.7 Å². The van der Waals surface area contributed by atoms with Crippen LogP contribution in [0.4, 0.5) is 0 Å². The molecule has 0 aromatic carbocycles. The summed E-state index contributed by atoms with van der Waals surface area (Å²) in [4.78, 5) is 9.95. The lowest BCUT2D eigenvalue weighted by Gasteiger charge is -2.21. The highest BCUT2D eigenvalue weighted by atomic mass is 32.1. The maximum atomic E-state index is 4.75. The SMILES string of the molecule is CCNC(=NCc1ccc(C)s1)NC1CN(C(C)C)CC1C. The summed E-state index contributed by atoms with van der Waals surface area (Å²) >= 11 is 1.82. The van der Waals surface area contributed by atoms with Crippen LogP contribution in [0.2, 0.25) is 0 Å². The number of nitrogens with one attached hydrogen (secondary N) is 2. The predicted molar refractivity (Wildman–Crippen MR) is 96.7 cm³/mol. The van der Waals surface area contributed by atoms with Gasteiger partial charge in [-0.15, -0.1) is 11.3 Å². The van der Waals surface area contributed by atoms with Gasteiger partial charge >= 0.3 is 0 Å². The molecule has 2 rings (SSSR count). The molecule has 1 aromatic heterocycles. The number of rotatable bonds is 5. The third-order valence-corrected chi connectivity index (χ3v) is 5.21. The van der Waals surface area contributed by atoms with Gasteiger partial charge in [0.2, 0.25) is 0 Å².